The SMILES string of the molecule is C[C@@H](OC[C@H]1CCCCN1)c1cccs1. The van der Waals surface area contributed by atoms with Crippen LogP contribution in [0.3, 0.4) is 0 Å². The van der Waals surface area contributed by atoms with E-state index < -0.39 is 0 Å². The number of hydrogen-bond acceptors (Lipinski definition) is 3. The molecule has 2 atom stereocenters. The molecule has 1 aromatic rings. The van der Waals surface area contributed by atoms with Crippen LogP contribution in [0.15, 0.2) is 17.5 Å². The molecule has 0 amide bonds. The smallest absolute Gasteiger partial charge is 0.0889 e. The van der Waals surface area contributed by atoms with Crippen LogP contribution >= 0.6 is 11.3 Å². The van der Waals surface area contributed by atoms with E-state index in [-0.39, 0.29) is 6.10 Å². The van der Waals surface area contributed by atoms with Crippen LogP contribution in [0.5, 0.6) is 0 Å². The highest BCUT2D eigenvalue weighted by Gasteiger charge is 2.14. The molecule has 3 heteroatoms. The maximum atomic E-state index is 5.87. The van der Waals surface area contributed by atoms with Crippen LogP contribution in [0, 0.1) is 0 Å². The Morgan fingerprint density at radius 3 is 3.20 bits per heavy atom. The maximum Gasteiger partial charge on any atom is 0.0889 e. The summed E-state index contributed by atoms with van der Waals surface area (Å²) in [6, 6.07) is 4.80. The Labute approximate surface area is 95.6 Å². The van der Waals surface area contributed by atoms with Crippen molar-refractivity contribution in [1.29, 1.82) is 0 Å². The summed E-state index contributed by atoms with van der Waals surface area (Å²) in [4.78, 5) is 1.32. The van der Waals surface area contributed by atoms with Crippen molar-refractivity contribution in [3.63, 3.8) is 0 Å². The lowest BCUT2D eigenvalue weighted by Crippen LogP contribution is -2.37. The van der Waals surface area contributed by atoms with Crippen molar-refractivity contribution >= 4 is 11.3 Å². The van der Waals surface area contributed by atoms with Gasteiger partial charge in [0.2, 0.25) is 0 Å². The Kier molecular flexibility index (Phi) is 4.18. The third kappa shape index (κ3) is 3.30. The molecule has 2 heterocycles. The van der Waals surface area contributed by atoms with Gasteiger partial charge in [-0.25, -0.2) is 0 Å². The number of hydrogen-bond donors (Lipinski definition) is 1. The molecule has 1 saturated heterocycles. The standard InChI is InChI=1S/C12H19NOS/c1-10(12-6-4-8-15-12)14-9-11-5-2-3-7-13-11/h4,6,8,10-11,13H,2-3,5,7,9H2,1H3/t10-,11-/m1/s1. The van der Waals surface area contributed by atoms with Crippen LogP contribution in [0.4, 0.5) is 0 Å². The Morgan fingerprint density at radius 2 is 2.53 bits per heavy atom. The van der Waals surface area contributed by atoms with Gasteiger partial charge in [-0.2, -0.15) is 0 Å². The second kappa shape index (κ2) is 5.64. The normalized spacial score (nSPS) is 23.9. The average molecular weight is 225 g/mol. The average Bonchev–Trinajstić information content (AvgIpc) is 2.81. The van der Waals surface area contributed by atoms with Crippen molar-refractivity contribution in [3.05, 3.63) is 22.4 Å². The van der Waals surface area contributed by atoms with Crippen LogP contribution in [0.25, 0.3) is 0 Å². The predicted octanol–water partition coefficient (Wildman–Crippen LogP) is 2.97. The first-order chi connectivity index (χ1) is 7.36. The Bertz CT molecular complexity index is 267. The first-order valence-electron chi connectivity index (χ1n) is 5.74. The summed E-state index contributed by atoms with van der Waals surface area (Å²) in [7, 11) is 0. The fourth-order valence-corrected chi connectivity index (χ4v) is 2.66. The number of rotatable bonds is 4. The summed E-state index contributed by atoms with van der Waals surface area (Å²) in [5.41, 5.74) is 0. The van der Waals surface area contributed by atoms with E-state index in [1.165, 1.54) is 24.1 Å². The lowest BCUT2D eigenvalue weighted by atomic mass is 10.1. The summed E-state index contributed by atoms with van der Waals surface area (Å²) in [5.74, 6) is 0. The first kappa shape index (κ1) is 11.1. The molecule has 0 unspecified atom stereocenters. The van der Waals surface area contributed by atoms with Crippen molar-refractivity contribution in [2.45, 2.75) is 38.3 Å². The van der Waals surface area contributed by atoms with Gasteiger partial charge >= 0.3 is 0 Å². The van der Waals surface area contributed by atoms with Crippen LogP contribution in [-0.2, 0) is 4.74 Å². The van der Waals surface area contributed by atoms with E-state index in [1.54, 1.807) is 11.3 Å². The van der Waals surface area contributed by atoms with Gasteiger partial charge in [-0.1, -0.05) is 12.5 Å². The molecule has 1 aromatic heterocycles. The fraction of sp³-hybridized carbons (Fsp3) is 0.667. The molecule has 0 radical (unpaired) electrons. The van der Waals surface area contributed by atoms with Crippen LogP contribution in [0.1, 0.15) is 37.2 Å². The molecule has 84 valence electrons. The van der Waals surface area contributed by atoms with E-state index in [9.17, 15) is 0 Å². The molecule has 15 heavy (non-hydrogen) atoms. The van der Waals surface area contributed by atoms with Crippen molar-refractivity contribution in [1.82, 2.24) is 5.32 Å². The van der Waals surface area contributed by atoms with Crippen molar-refractivity contribution in [3.8, 4) is 0 Å². The number of ether oxygens (including phenoxy) is 1. The first-order valence-corrected chi connectivity index (χ1v) is 6.62. The second-order valence-electron chi connectivity index (χ2n) is 4.14. The van der Waals surface area contributed by atoms with Gasteiger partial charge in [-0.05, 0) is 37.8 Å². The molecule has 0 saturated carbocycles. The third-order valence-electron chi connectivity index (χ3n) is 2.90. The Hall–Kier alpha value is -0.380. The van der Waals surface area contributed by atoms with E-state index in [0.29, 0.717) is 6.04 Å². The van der Waals surface area contributed by atoms with E-state index in [4.69, 9.17) is 4.74 Å². The highest BCUT2D eigenvalue weighted by atomic mass is 32.1. The molecule has 1 N–H and O–H groups in total. The van der Waals surface area contributed by atoms with E-state index in [2.05, 4.69) is 29.8 Å². The zero-order valence-electron chi connectivity index (χ0n) is 9.24. The Balaban J connectivity index is 1.73. The number of piperidine rings is 1. The molecule has 0 spiro atoms. The topological polar surface area (TPSA) is 21.3 Å². The molecule has 0 aromatic carbocycles. The van der Waals surface area contributed by atoms with Crippen LogP contribution in [0.2, 0.25) is 0 Å². The van der Waals surface area contributed by atoms with Crippen LogP contribution < -0.4 is 5.32 Å². The second-order valence-corrected chi connectivity index (χ2v) is 5.12. The minimum Gasteiger partial charge on any atom is -0.371 e. The maximum absolute atomic E-state index is 5.87. The van der Waals surface area contributed by atoms with Crippen molar-refractivity contribution in [2.75, 3.05) is 13.2 Å². The molecule has 2 nitrogen and oxygen atoms in total. The summed E-state index contributed by atoms with van der Waals surface area (Å²) in [6.45, 7) is 4.13. The molecule has 1 aliphatic heterocycles. The number of nitrogens with one attached hydrogen (secondary N) is 1. The molecular formula is C12H19NOS. The zero-order valence-corrected chi connectivity index (χ0v) is 10.1. The van der Waals surface area contributed by atoms with Gasteiger partial charge in [0.1, 0.15) is 0 Å². The predicted molar refractivity (Wildman–Crippen MR) is 64.3 cm³/mol. The van der Waals surface area contributed by atoms with E-state index in [0.717, 1.165) is 13.2 Å². The quantitative estimate of drug-likeness (QED) is 0.850. The van der Waals surface area contributed by atoms with Gasteiger partial charge in [0.15, 0.2) is 0 Å². The highest BCUT2D eigenvalue weighted by Crippen LogP contribution is 2.22. The monoisotopic (exact) mass is 225 g/mol. The van der Waals surface area contributed by atoms with Gasteiger partial charge < -0.3 is 10.1 Å². The lowest BCUT2D eigenvalue weighted by Gasteiger charge is -2.24. The molecular weight excluding hydrogens is 206 g/mol. The van der Waals surface area contributed by atoms with Crippen molar-refractivity contribution < 1.29 is 4.74 Å². The van der Waals surface area contributed by atoms with E-state index >= 15 is 0 Å². The molecule has 0 bridgehead atoms. The van der Waals surface area contributed by atoms with Gasteiger partial charge in [0.05, 0.1) is 12.7 Å². The molecule has 1 aliphatic rings. The van der Waals surface area contributed by atoms with Crippen LogP contribution in [-0.4, -0.2) is 19.2 Å². The number of thiophene rings is 1. The van der Waals surface area contributed by atoms with E-state index in [1.807, 2.05) is 0 Å². The zero-order chi connectivity index (χ0) is 10.5. The minimum atomic E-state index is 0.244. The largest absolute Gasteiger partial charge is 0.371 e. The summed E-state index contributed by atoms with van der Waals surface area (Å²) < 4.78 is 5.87. The molecule has 1 fully saturated rings. The van der Waals surface area contributed by atoms with Gasteiger partial charge in [0.25, 0.3) is 0 Å². The summed E-state index contributed by atoms with van der Waals surface area (Å²) >= 11 is 1.77. The summed E-state index contributed by atoms with van der Waals surface area (Å²) in [5, 5.41) is 5.60. The van der Waals surface area contributed by atoms with Gasteiger partial charge in [0, 0.05) is 10.9 Å². The molecule has 2 rings (SSSR count). The van der Waals surface area contributed by atoms with Gasteiger partial charge in [-0.3, -0.25) is 0 Å². The fourth-order valence-electron chi connectivity index (χ4n) is 1.93. The lowest BCUT2D eigenvalue weighted by molar-refractivity contribution is 0.0461. The Morgan fingerprint density at radius 1 is 1.60 bits per heavy atom. The summed E-state index contributed by atoms with van der Waals surface area (Å²) in [6.07, 6.45) is 4.16. The highest BCUT2D eigenvalue weighted by molar-refractivity contribution is 7.10. The molecule has 0 aliphatic carbocycles. The third-order valence-corrected chi connectivity index (χ3v) is 3.94. The van der Waals surface area contributed by atoms with Gasteiger partial charge in [-0.15, -0.1) is 11.3 Å². The minimum absolute atomic E-state index is 0.244. The van der Waals surface area contributed by atoms with Crippen molar-refractivity contribution in [2.24, 2.45) is 0 Å².